The molecule has 29 heavy (non-hydrogen) atoms. The molecule has 4 heteroatoms. The van der Waals surface area contributed by atoms with Gasteiger partial charge >= 0.3 is 0 Å². The largest absolute Gasteiger partial charge is 0.299 e. The molecule has 2 aliphatic rings. The standard InChI is InChI=1S/C25H24N2S2/c1-24(17-19-11-5-2-6-12-19)25(29-23(27-24)21-15-9-4-10-16-21)22(26-18-28-25)20-13-7-3-8-14-20/h2-16,22,26H,17-18H2,1H3/t22-,24-,25-/m1/s1. The van der Waals surface area contributed by atoms with Crippen molar-refractivity contribution in [3.63, 3.8) is 0 Å². The number of aliphatic imine (C=N–C) groups is 1. The summed E-state index contributed by atoms with van der Waals surface area (Å²) in [6.45, 7) is 2.35. The van der Waals surface area contributed by atoms with Crippen molar-refractivity contribution in [2.75, 3.05) is 5.88 Å². The molecule has 1 saturated heterocycles. The summed E-state index contributed by atoms with van der Waals surface area (Å²) in [5.74, 6) is 0.939. The Kier molecular flexibility index (Phi) is 5.02. The second kappa shape index (κ2) is 7.67. The van der Waals surface area contributed by atoms with Crippen molar-refractivity contribution in [3.8, 4) is 0 Å². The van der Waals surface area contributed by atoms with Gasteiger partial charge in [-0.3, -0.25) is 10.3 Å². The smallest absolute Gasteiger partial charge is 0.113 e. The number of nitrogens with zero attached hydrogens (tertiary/aromatic N) is 1. The van der Waals surface area contributed by atoms with Crippen LogP contribution in [0, 0.1) is 0 Å². The normalized spacial score (nSPS) is 28.6. The van der Waals surface area contributed by atoms with Gasteiger partial charge in [-0.15, -0.1) is 11.8 Å². The van der Waals surface area contributed by atoms with Gasteiger partial charge < -0.3 is 0 Å². The molecular formula is C25H24N2S2. The summed E-state index contributed by atoms with van der Waals surface area (Å²) in [6, 6.07) is 32.5. The van der Waals surface area contributed by atoms with E-state index < -0.39 is 0 Å². The van der Waals surface area contributed by atoms with Crippen molar-refractivity contribution in [1.82, 2.24) is 5.32 Å². The number of rotatable bonds is 4. The maximum atomic E-state index is 5.42. The Bertz CT molecular complexity index is 1010. The lowest BCUT2D eigenvalue weighted by Crippen LogP contribution is -2.48. The fraction of sp³-hybridized carbons (Fsp3) is 0.240. The Hall–Kier alpha value is -2.01. The molecule has 3 aromatic rings. The fourth-order valence-corrected chi connectivity index (χ4v) is 7.82. The molecule has 2 heterocycles. The summed E-state index contributed by atoms with van der Waals surface area (Å²) in [6.07, 6.45) is 0.926. The van der Waals surface area contributed by atoms with Crippen molar-refractivity contribution in [1.29, 1.82) is 0 Å². The van der Waals surface area contributed by atoms with Gasteiger partial charge in [-0.2, -0.15) is 0 Å². The van der Waals surface area contributed by atoms with Crippen LogP contribution >= 0.6 is 23.5 Å². The van der Waals surface area contributed by atoms with E-state index in [1.54, 1.807) is 0 Å². The van der Waals surface area contributed by atoms with Crippen molar-refractivity contribution in [2.45, 2.75) is 29.0 Å². The van der Waals surface area contributed by atoms with Crippen molar-refractivity contribution >= 4 is 28.6 Å². The average molecular weight is 417 g/mol. The van der Waals surface area contributed by atoms with Crippen LogP contribution in [0.4, 0.5) is 0 Å². The summed E-state index contributed by atoms with van der Waals surface area (Å²) in [7, 11) is 0. The molecule has 3 atom stereocenters. The van der Waals surface area contributed by atoms with Gasteiger partial charge in [-0.25, -0.2) is 0 Å². The second-order valence-electron chi connectivity index (χ2n) is 7.83. The Morgan fingerprint density at radius 2 is 1.52 bits per heavy atom. The number of nitrogens with one attached hydrogen (secondary N) is 1. The zero-order chi connectivity index (χ0) is 19.7. The topological polar surface area (TPSA) is 24.4 Å². The Balaban J connectivity index is 1.61. The molecule has 1 spiro atoms. The maximum absolute atomic E-state index is 5.42. The van der Waals surface area contributed by atoms with Crippen molar-refractivity contribution in [2.24, 2.45) is 4.99 Å². The molecule has 0 aliphatic carbocycles. The third-order valence-electron chi connectivity index (χ3n) is 5.85. The third-order valence-corrected chi connectivity index (χ3v) is 9.36. The fourth-order valence-electron chi connectivity index (χ4n) is 4.43. The number of hydrogen-bond acceptors (Lipinski definition) is 4. The predicted molar refractivity (Wildman–Crippen MR) is 127 cm³/mol. The van der Waals surface area contributed by atoms with E-state index >= 15 is 0 Å². The van der Waals surface area contributed by atoms with Gasteiger partial charge in [-0.05, 0) is 24.5 Å². The van der Waals surface area contributed by atoms with Crippen LogP contribution < -0.4 is 5.32 Å². The molecule has 0 bridgehead atoms. The van der Waals surface area contributed by atoms with Gasteiger partial charge in [0.05, 0.1) is 16.6 Å². The molecule has 146 valence electrons. The van der Waals surface area contributed by atoms with Gasteiger partial charge in [-0.1, -0.05) is 103 Å². The maximum Gasteiger partial charge on any atom is 0.113 e. The first-order valence-electron chi connectivity index (χ1n) is 10.0. The van der Waals surface area contributed by atoms with Crippen LogP contribution in [0.25, 0.3) is 0 Å². The highest BCUT2D eigenvalue weighted by Crippen LogP contribution is 2.63. The molecule has 0 saturated carbocycles. The highest BCUT2D eigenvalue weighted by molar-refractivity contribution is 8.27. The summed E-state index contributed by atoms with van der Waals surface area (Å²) >= 11 is 3.97. The van der Waals surface area contributed by atoms with E-state index in [2.05, 4.69) is 103 Å². The molecule has 5 rings (SSSR count). The minimum Gasteiger partial charge on any atom is -0.299 e. The van der Waals surface area contributed by atoms with Crippen LogP contribution in [0.5, 0.6) is 0 Å². The summed E-state index contributed by atoms with van der Waals surface area (Å²) in [4.78, 5) is 5.42. The minimum atomic E-state index is -0.223. The van der Waals surface area contributed by atoms with Gasteiger partial charge in [0.25, 0.3) is 0 Å². The van der Waals surface area contributed by atoms with E-state index in [9.17, 15) is 0 Å². The zero-order valence-corrected chi connectivity index (χ0v) is 18.0. The molecule has 0 radical (unpaired) electrons. The third kappa shape index (κ3) is 3.33. The molecule has 1 fully saturated rings. The summed E-state index contributed by atoms with van der Waals surface area (Å²) in [5.41, 5.74) is 3.67. The van der Waals surface area contributed by atoms with E-state index in [0.29, 0.717) is 0 Å². The molecule has 0 amide bonds. The highest BCUT2D eigenvalue weighted by Gasteiger charge is 2.61. The Labute approximate surface area is 181 Å². The molecule has 2 nitrogen and oxygen atoms in total. The molecule has 0 aromatic heterocycles. The average Bonchev–Trinajstić information content (AvgIpc) is 3.32. The first kappa shape index (κ1) is 19.0. The molecule has 1 N–H and O–H groups in total. The van der Waals surface area contributed by atoms with Crippen molar-refractivity contribution < 1.29 is 0 Å². The van der Waals surface area contributed by atoms with E-state index in [1.165, 1.54) is 16.7 Å². The van der Waals surface area contributed by atoms with Crippen LogP contribution in [0.2, 0.25) is 0 Å². The van der Waals surface area contributed by atoms with Gasteiger partial charge in [0.15, 0.2) is 0 Å². The molecule has 2 aliphatic heterocycles. The predicted octanol–water partition coefficient (Wildman–Crippen LogP) is 5.91. The summed E-state index contributed by atoms with van der Waals surface area (Å²) < 4.78 is -0.0879. The van der Waals surface area contributed by atoms with E-state index in [0.717, 1.165) is 17.3 Å². The number of benzene rings is 3. The number of hydrogen-bond donors (Lipinski definition) is 1. The number of thioether (sulfide) groups is 2. The second-order valence-corrected chi connectivity index (χ2v) is 10.5. The first-order valence-corrected chi connectivity index (χ1v) is 11.8. The van der Waals surface area contributed by atoms with Crippen LogP contribution in [0.15, 0.2) is 96.0 Å². The van der Waals surface area contributed by atoms with Crippen LogP contribution in [0.3, 0.4) is 0 Å². The first-order chi connectivity index (χ1) is 14.2. The van der Waals surface area contributed by atoms with E-state index in [4.69, 9.17) is 4.99 Å². The molecular weight excluding hydrogens is 392 g/mol. The minimum absolute atomic E-state index is 0.0879. The lowest BCUT2D eigenvalue weighted by molar-refractivity contribution is 0.375. The lowest BCUT2D eigenvalue weighted by atomic mass is 9.83. The van der Waals surface area contributed by atoms with Gasteiger partial charge in [0.2, 0.25) is 0 Å². The van der Waals surface area contributed by atoms with E-state index in [-0.39, 0.29) is 15.7 Å². The van der Waals surface area contributed by atoms with Crippen LogP contribution in [0.1, 0.15) is 29.7 Å². The monoisotopic (exact) mass is 416 g/mol. The van der Waals surface area contributed by atoms with Gasteiger partial charge in [0.1, 0.15) is 4.08 Å². The Morgan fingerprint density at radius 1 is 0.897 bits per heavy atom. The lowest BCUT2D eigenvalue weighted by Gasteiger charge is -2.41. The van der Waals surface area contributed by atoms with Gasteiger partial charge in [0, 0.05) is 11.4 Å². The highest BCUT2D eigenvalue weighted by atomic mass is 32.2. The molecule has 3 aromatic carbocycles. The van der Waals surface area contributed by atoms with Crippen LogP contribution in [-0.4, -0.2) is 20.5 Å². The van der Waals surface area contributed by atoms with E-state index in [1.807, 2.05) is 23.5 Å². The van der Waals surface area contributed by atoms with Crippen molar-refractivity contribution in [3.05, 3.63) is 108 Å². The van der Waals surface area contributed by atoms with Crippen LogP contribution in [-0.2, 0) is 6.42 Å². The quantitative estimate of drug-likeness (QED) is 0.572. The molecule has 0 unspecified atom stereocenters. The summed E-state index contributed by atoms with van der Waals surface area (Å²) in [5, 5.41) is 4.94. The Morgan fingerprint density at radius 3 is 2.21 bits per heavy atom. The zero-order valence-electron chi connectivity index (χ0n) is 16.4. The SMILES string of the molecule is C[C@]1(Cc2ccccc2)N=C(c2ccccc2)S[C@@]12SCN[C@@H]2c1ccccc1.